The van der Waals surface area contributed by atoms with Gasteiger partial charge in [-0.1, -0.05) is 0 Å². The zero-order chi connectivity index (χ0) is 12.6. The first-order valence-electron chi connectivity index (χ1n) is 5.08. The molecule has 0 unspecified atom stereocenters. The van der Waals surface area contributed by atoms with Gasteiger partial charge in [-0.25, -0.2) is 4.79 Å². The number of nitrogen functional groups attached to an aromatic ring is 1. The number of hydrogen-bond acceptors (Lipinski definition) is 5. The van der Waals surface area contributed by atoms with Crippen molar-refractivity contribution in [1.29, 1.82) is 0 Å². The maximum Gasteiger partial charge on any atom is 0.350 e. The third-order valence-corrected chi connectivity index (χ3v) is 5.02. The van der Waals surface area contributed by atoms with Crippen molar-refractivity contribution in [3.63, 3.8) is 0 Å². The van der Waals surface area contributed by atoms with Crippen molar-refractivity contribution in [2.75, 3.05) is 12.8 Å². The van der Waals surface area contributed by atoms with Crippen LogP contribution in [0.15, 0.2) is 12.1 Å². The van der Waals surface area contributed by atoms with E-state index in [0.717, 1.165) is 9.75 Å². The van der Waals surface area contributed by atoms with Crippen molar-refractivity contribution in [3.8, 4) is 9.75 Å². The fraction of sp³-hybridized carbons (Fsp3) is 0.250. The van der Waals surface area contributed by atoms with Gasteiger partial charge in [-0.05, 0) is 31.5 Å². The summed E-state index contributed by atoms with van der Waals surface area (Å²) in [7, 11) is 1.36. The van der Waals surface area contributed by atoms with Crippen molar-refractivity contribution in [2.45, 2.75) is 13.8 Å². The molecule has 2 rings (SSSR count). The molecule has 0 amide bonds. The summed E-state index contributed by atoms with van der Waals surface area (Å²) >= 11 is 3.09. The second-order valence-corrected chi connectivity index (χ2v) is 6.05. The van der Waals surface area contributed by atoms with E-state index in [4.69, 9.17) is 10.5 Å². The van der Waals surface area contributed by atoms with Crippen LogP contribution in [-0.4, -0.2) is 13.1 Å². The number of esters is 1. The molecule has 0 radical (unpaired) electrons. The number of carbonyl (C=O) groups is 1. The zero-order valence-corrected chi connectivity index (χ0v) is 11.5. The molecule has 2 aromatic heterocycles. The molecule has 0 spiro atoms. The summed E-state index contributed by atoms with van der Waals surface area (Å²) < 4.78 is 4.69. The minimum absolute atomic E-state index is 0.372. The number of ether oxygens (including phenoxy) is 1. The van der Waals surface area contributed by atoms with E-state index in [1.165, 1.54) is 28.9 Å². The highest BCUT2D eigenvalue weighted by molar-refractivity contribution is 7.23. The SMILES string of the molecule is COC(=O)c1sc(-c2cc(C)c(C)s2)cc1N. The molecule has 0 aliphatic heterocycles. The fourth-order valence-corrected chi connectivity index (χ4v) is 3.58. The molecule has 0 aliphatic rings. The molecule has 5 heteroatoms. The number of anilines is 1. The maximum atomic E-state index is 11.5. The molecule has 0 aromatic carbocycles. The van der Waals surface area contributed by atoms with E-state index in [1.54, 1.807) is 11.3 Å². The van der Waals surface area contributed by atoms with Gasteiger partial charge in [0.25, 0.3) is 0 Å². The molecule has 0 fully saturated rings. The lowest BCUT2D eigenvalue weighted by atomic mass is 10.2. The molecule has 17 heavy (non-hydrogen) atoms. The molecular formula is C12H13NO2S2. The summed E-state index contributed by atoms with van der Waals surface area (Å²) in [6, 6.07) is 3.95. The highest BCUT2D eigenvalue weighted by Gasteiger charge is 2.16. The van der Waals surface area contributed by atoms with Crippen molar-refractivity contribution in [1.82, 2.24) is 0 Å². The molecule has 0 atom stereocenters. The summed E-state index contributed by atoms with van der Waals surface area (Å²) in [5.74, 6) is -0.372. The van der Waals surface area contributed by atoms with Crippen LogP contribution in [-0.2, 0) is 4.74 Å². The third kappa shape index (κ3) is 2.21. The molecule has 2 N–H and O–H groups in total. The summed E-state index contributed by atoms with van der Waals surface area (Å²) in [6.07, 6.45) is 0. The second-order valence-electron chi connectivity index (χ2n) is 3.74. The van der Waals surface area contributed by atoms with Crippen LogP contribution in [0.1, 0.15) is 20.1 Å². The molecular weight excluding hydrogens is 254 g/mol. The Morgan fingerprint density at radius 1 is 1.24 bits per heavy atom. The van der Waals surface area contributed by atoms with Crippen molar-refractivity contribution < 1.29 is 9.53 Å². The number of carbonyl (C=O) groups excluding carboxylic acids is 1. The number of hydrogen-bond donors (Lipinski definition) is 1. The van der Waals surface area contributed by atoms with Crippen LogP contribution in [0.5, 0.6) is 0 Å². The smallest absolute Gasteiger partial charge is 0.350 e. The van der Waals surface area contributed by atoms with E-state index in [9.17, 15) is 4.79 Å². The van der Waals surface area contributed by atoms with E-state index >= 15 is 0 Å². The summed E-state index contributed by atoms with van der Waals surface area (Å²) in [5, 5.41) is 0. The van der Waals surface area contributed by atoms with Crippen LogP contribution in [0.4, 0.5) is 5.69 Å². The number of aryl methyl sites for hydroxylation is 2. The highest BCUT2D eigenvalue weighted by atomic mass is 32.1. The topological polar surface area (TPSA) is 52.3 Å². The molecule has 3 nitrogen and oxygen atoms in total. The lowest BCUT2D eigenvalue weighted by Crippen LogP contribution is -2.00. The number of rotatable bonds is 2. The van der Waals surface area contributed by atoms with Crippen molar-refractivity contribution in [2.24, 2.45) is 0 Å². The van der Waals surface area contributed by atoms with Crippen LogP contribution in [0.2, 0.25) is 0 Å². The molecule has 2 heterocycles. The summed E-state index contributed by atoms with van der Waals surface area (Å²) in [6.45, 7) is 4.16. The van der Waals surface area contributed by atoms with Gasteiger partial charge >= 0.3 is 5.97 Å². The molecule has 90 valence electrons. The average molecular weight is 267 g/mol. The zero-order valence-electron chi connectivity index (χ0n) is 9.87. The van der Waals surface area contributed by atoms with Gasteiger partial charge in [0.2, 0.25) is 0 Å². The van der Waals surface area contributed by atoms with Crippen LogP contribution < -0.4 is 5.73 Å². The minimum atomic E-state index is -0.372. The van der Waals surface area contributed by atoms with Crippen LogP contribution in [0.25, 0.3) is 9.75 Å². The Labute approximate surface area is 108 Å². The Balaban J connectivity index is 2.44. The minimum Gasteiger partial charge on any atom is -0.465 e. The number of methoxy groups -OCH3 is 1. The highest BCUT2D eigenvalue weighted by Crippen LogP contribution is 2.38. The van der Waals surface area contributed by atoms with Gasteiger partial charge in [-0.15, -0.1) is 22.7 Å². The van der Waals surface area contributed by atoms with Crippen LogP contribution >= 0.6 is 22.7 Å². The van der Waals surface area contributed by atoms with Crippen molar-refractivity contribution >= 4 is 34.3 Å². The molecule has 2 aromatic rings. The van der Waals surface area contributed by atoms with E-state index in [0.29, 0.717) is 10.6 Å². The standard InChI is InChI=1S/C12H13NO2S2/c1-6-4-9(16-7(6)2)10-5-8(13)11(17-10)12(14)15-3/h4-5H,13H2,1-3H3. The largest absolute Gasteiger partial charge is 0.465 e. The van der Waals surface area contributed by atoms with Gasteiger partial charge in [0, 0.05) is 14.6 Å². The van der Waals surface area contributed by atoms with Crippen LogP contribution in [0, 0.1) is 13.8 Å². The summed E-state index contributed by atoms with van der Waals surface area (Å²) in [4.78, 5) is 15.4. The van der Waals surface area contributed by atoms with E-state index in [1.807, 2.05) is 6.07 Å². The van der Waals surface area contributed by atoms with Gasteiger partial charge < -0.3 is 10.5 Å². The lowest BCUT2D eigenvalue weighted by Gasteiger charge is -1.94. The quantitative estimate of drug-likeness (QED) is 0.848. The predicted molar refractivity (Wildman–Crippen MR) is 72.9 cm³/mol. The molecule has 0 saturated heterocycles. The predicted octanol–water partition coefficient (Wildman–Crippen LogP) is 3.46. The first kappa shape index (κ1) is 12.1. The Bertz CT molecular complexity index is 550. The monoisotopic (exact) mass is 267 g/mol. The Morgan fingerprint density at radius 3 is 2.41 bits per heavy atom. The Hall–Kier alpha value is -1.33. The Kier molecular flexibility index (Phi) is 3.22. The third-order valence-electron chi connectivity index (χ3n) is 2.54. The summed E-state index contributed by atoms with van der Waals surface area (Å²) in [5.41, 5.74) is 7.56. The number of nitrogens with two attached hydrogens (primary N) is 1. The molecule has 0 aliphatic carbocycles. The normalized spacial score (nSPS) is 10.5. The molecule has 0 bridgehead atoms. The maximum absolute atomic E-state index is 11.5. The van der Waals surface area contributed by atoms with Crippen molar-refractivity contribution in [3.05, 3.63) is 27.5 Å². The van der Waals surface area contributed by atoms with E-state index in [2.05, 4.69) is 19.9 Å². The first-order valence-corrected chi connectivity index (χ1v) is 6.71. The average Bonchev–Trinajstić information content (AvgIpc) is 2.82. The van der Waals surface area contributed by atoms with Crippen LogP contribution in [0.3, 0.4) is 0 Å². The van der Waals surface area contributed by atoms with Gasteiger partial charge in [-0.2, -0.15) is 0 Å². The van der Waals surface area contributed by atoms with E-state index < -0.39 is 0 Å². The lowest BCUT2D eigenvalue weighted by molar-refractivity contribution is 0.0607. The van der Waals surface area contributed by atoms with Gasteiger partial charge in [0.15, 0.2) is 0 Å². The van der Waals surface area contributed by atoms with Gasteiger partial charge in [0.1, 0.15) is 4.88 Å². The second kappa shape index (κ2) is 4.50. The Morgan fingerprint density at radius 2 is 1.88 bits per heavy atom. The van der Waals surface area contributed by atoms with Gasteiger partial charge in [0.05, 0.1) is 12.8 Å². The number of thiophene rings is 2. The first-order chi connectivity index (χ1) is 8.02. The molecule has 0 saturated carbocycles. The fourth-order valence-electron chi connectivity index (χ4n) is 1.47. The van der Waals surface area contributed by atoms with E-state index in [-0.39, 0.29) is 5.97 Å². The van der Waals surface area contributed by atoms with Gasteiger partial charge in [-0.3, -0.25) is 0 Å².